The summed E-state index contributed by atoms with van der Waals surface area (Å²) in [7, 11) is 0. The molecule has 1 aliphatic heterocycles. The fourth-order valence-electron chi connectivity index (χ4n) is 4.54. The summed E-state index contributed by atoms with van der Waals surface area (Å²) >= 11 is 7.15. The maximum atomic E-state index is 13.2. The molecule has 0 saturated carbocycles. The summed E-state index contributed by atoms with van der Waals surface area (Å²) in [6.07, 6.45) is -1.17. The highest BCUT2D eigenvalue weighted by molar-refractivity contribution is 7.17. The Labute approximate surface area is 252 Å². The van der Waals surface area contributed by atoms with E-state index in [-0.39, 0.29) is 5.69 Å². The highest BCUT2D eigenvalue weighted by Gasteiger charge is 2.33. The fourth-order valence-corrected chi connectivity index (χ4v) is 5.64. The van der Waals surface area contributed by atoms with Crippen molar-refractivity contribution < 1.29 is 22.7 Å². The number of alkyl halides is 3. The van der Waals surface area contributed by atoms with Crippen molar-refractivity contribution in [1.82, 2.24) is 15.0 Å². The molecule has 0 bridgehead atoms. The molecule has 0 radical (unpaired) electrons. The van der Waals surface area contributed by atoms with Crippen LogP contribution in [0.1, 0.15) is 5.56 Å². The minimum Gasteiger partial charge on any atom is -0.378 e. The number of halogens is 4. The number of nitrogens with zero attached hydrogens (tertiary/aromatic N) is 4. The lowest BCUT2D eigenvalue weighted by atomic mass is 10.1. The number of ether oxygens (including phenoxy) is 1. The van der Waals surface area contributed by atoms with Crippen molar-refractivity contribution in [2.45, 2.75) is 6.18 Å². The molecule has 43 heavy (non-hydrogen) atoms. The van der Waals surface area contributed by atoms with Crippen LogP contribution in [0.4, 0.5) is 46.8 Å². The molecule has 0 unspecified atom stereocenters. The number of hydrogen-bond acceptors (Lipinski definition) is 8. The van der Waals surface area contributed by atoms with Crippen molar-refractivity contribution in [3.63, 3.8) is 0 Å². The summed E-state index contributed by atoms with van der Waals surface area (Å²) in [6, 6.07) is 13.4. The number of carbonyl (C=O) groups is 1. The topological polar surface area (TPSA) is 104 Å². The van der Waals surface area contributed by atoms with Crippen LogP contribution < -0.4 is 20.9 Å². The fraction of sp³-hybridized carbons (Fsp3) is 0.172. The Balaban J connectivity index is 1.17. The number of fused-ring (bicyclic) bond motifs is 1. The molecule has 4 heterocycles. The normalized spacial score (nSPS) is 13.6. The van der Waals surface area contributed by atoms with E-state index in [1.54, 1.807) is 30.6 Å². The number of nitrogens with one attached hydrogen (secondary N) is 3. The van der Waals surface area contributed by atoms with E-state index >= 15 is 0 Å². The lowest BCUT2D eigenvalue weighted by Crippen LogP contribution is -2.36. The molecule has 220 valence electrons. The van der Waals surface area contributed by atoms with Crippen LogP contribution in [0.3, 0.4) is 0 Å². The van der Waals surface area contributed by atoms with Gasteiger partial charge in [-0.3, -0.25) is 0 Å². The van der Waals surface area contributed by atoms with Crippen LogP contribution in [-0.4, -0.2) is 47.3 Å². The monoisotopic (exact) mass is 625 g/mol. The van der Waals surface area contributed by atoms with Crippen LogP contribution in [0.25, 0.3) is 21.3 Å². The molecule has 1 saturated heterocycles. The number of thiophene rings is 1. The first kappa shape index (κ1) is 28.6. The van der Waals surface area contributed by atoms with Crippen LogP contribution >= 0.6 is 22.9 Å². The number of rotatable bonds is 6. The summed E-state index contributed by atoms with van der Waals surface area (Å²) in [6.45, 7) is 2.96. The quantitative estimate of drug-likeness (QED) is 0.178. The van der Waals surface area contributed by atoms with Crippen molar-refractivity contribution in [3.8, 4) is 11.1 Å². The van der Waals surface area contributed by atoms with E-state index < -0.39 is 22.8 Å². The summed E-state index contributed by atoms with van der Waals surface area (Å²) in [5.41, 5.74) is 2.46. The highest BCUT2D eigenvalue weighted by Crippen LogP contribution is 2.37. The standard InChI is InChI=1S/C29H23ClF3N7O2S/c30-23-6-4-19(13-22(23)29(31,32)33)38-28(41)37-18-3-1-2-17(12-18)21-16-43-24-15-35-27(39-26(21)24)36-20-5-7-25(34-14-20)40-8-10-42-11-9-40/h1-7,12-16H,8-11H2,(H,35,36,39)(H2,37,38,41). The Morgan fingerprint density at radius 1 is 0.953 bits per heavy atom. The summed E-state index contributed by atoms with van der Waals surface area (Å²) < 4.78 is 45.8. The smallest absolute Gasteiger partial charge is 0.378 e. The van der Waals surface area contributed by atoms with Crippen molar-refractivity contribution in [1.29, 1.82) is 0 Å². The zero-order valence-corrected chi connectivity index (χ0v) is 23.9. The van der Waals surface area contributed by atoms with Crippen LogP contribution in [0, 0.1) is 0 Å². The molecule has 0 atom stereocenters. The molecule has 5 aromatic rings. The zero-order valence-electron chi connectivity index (χ0n) is 22.3. The van der Waals surface area contributed by atoms with Crippen LogP contribution in [0.5, 0.6) is 0 Å². The Morgan fingerprint density at radius 2 is 1.72 bits per heavy atom. The van der Waals surface area contributed by atoms with Crippen LogP contribution in [0.15, 0.2) is 72.4 Å². The molecular weight excluding hydrogens is 603 g/mol. The number of carbonyl (C=O) groups excluding carboxylic acids is 1. The van der Waals surface area contributed by atoms with Crippen molar-refractivity contribution in [2.24, 2.45) is 0 Å². The predicted molar refractivity (Wildman–Crippen MR) is 162 cm³/mol. The number of hydrogen-bond donors (Lipinski definition) is 3. The molecule has 0 spiro atoms. The molecule has 14 heteroatoms. The third-order valence-electron chi connectivity index (χ3n) is 6.61. The average molecular weight is 626 g/mol. The maximum absolute atomic E-state index is 13.2. The number of benzene rings is 2. The van der Waals surface area contributed by atoms with Crippen LogP contribution in [0.2, 0.25) is 5.02 Å². The highest BCUT2D eigenvalue weighted by atomic mass is 35.5. The molecule has 1 aliphatic rings. The van der Waals surface area contributed by atoms with Gasteiger partial charge in [0.1, 0.15) is 5.82 Å². The maximum Gasteiger partial charge on any atom is 0.417 e. The van der Waals surface area contributed by atoms with Gasteiger partial charge < -0.3 is 25.6 Å². The molecular formula is C29H23ClF3N7O2S. The second-order valence-electron chi connectivity index (χ2n) is 9.54. The molecule has 0 aliphatic carbocycles. The third kappa shape index (κ3) is 6.63. The first-order chi connectivity index (χ1) is 20.7. The van der Waals surface area contributed by atoms with Crippen molar-refractivity contribution >= 4 is 68.0 Å². The minimum absolute atomic E-state index is 0.0446. The lowest BCUT2D eigenvalue weighted by molar-refractivity contribution is -0.137. The van der Waals surface area contributed by atoms with Crippen molar-refractivity contribution in [2.75, 3.05) is 47.2 Å². The van der Waals surface area contributed by atoms with Gasteiger partial charge in [-0.25, -0.2) is 19.7 Å². The molecule has 6 rings (SSSR count). The van der Waals surface area contributed by atoms with E-state index in [1.165, 1.54) is 17.4 Å². The Kier molecular flexibility index (Phi) is 8.02. The van der Waals surface area contributed by atoms with Crippen LogP contribution in [-0.2, 0) is 10.9 Å². The van der Waals surface area contributed by atoms with E-state index in [0.717, 1.165) is 58.1 Å². The van der Waals surface area contributed by atoms with Gasteiger partial charge in [0.2, 0.25) is 5.95 Å². The predicted octanol–water partition coefficient (Wildman–Crippen LogP) is 7.65. The van der Waals surface area contributed by atoms with Gasteiger partial charge in [0, 0.05) is 35.4 Å². The van der Waals surface area contributed by atoms with Crippen molar-refractivity contribution in [3.05, 3.63) is 83.0 Å². The largest absolute Gasteiger partial charge is 0.417 e. The number of morpholine rings is 1. The molecule has 3 aromatic heterocycles. The van der Waals surface area contributed by atoms with E-state index in [0.29, 0.717) is 24.8 Å². The second kappa shape index (κ2) is 12.0. The van der Waals surface area contributed by atoms with Gasteiger partial charge in [-0.1, -0.05) is 23.7 Å². The number of anilines is 5. The van der Waals surface area contributed by atoms with Gasteiger partial charge in [0.05, 0.1) is 52.1 Å². The minimum atomic E-state index is -4.65. The van der Waals surface area contributed by atoms with Gasteiger partial charge >= 0.3 is 12.2 Å². The molecule has 9 nitrogen and oxygen atoms in total. The summed E-state index contributed by atoms with van der Waals surface area (Å²) in [5, 5.41) is 9.79. The first-order valence-electron chi connectivity index (χ1n) is 13.1. The van der Waals surface area contributed by atoms with Gasteiger partial charge in [-0.05, 0) is 48.0 Å². The van der Waals surface area contributed by atoms with Gasteiger partial charge in [-0.15, -0.1) is 11.3 Å². The summed E-state index contributed by atoms with van der Waals surface area (Å²) in [5.74, 6) is 1.29. The third-order valence-corrected chi connectivity index (χ3v) is 7.85. The van der Waals surface area contributed by atoms with Gasteiger partial charge in [-0.2, -0.15) is 13.2 Å². The number of aromatic nitrogens is 3. The van der Waals surface area contributed by atoms with E-state index in [9.17, 15) is 18.0 Å². The van der Waals surface area contributed by atoms with E-state index in [4.69, 9.17) is 21.3 Å². The van der Waals surface area contributed by atoms with Gasteiger partial charge in [0.25, 0.3) is 0 Å². The average Bonchev–Trinajstić information content (AvgIpc) is 3.42. The zero-order chi connectivity index (χ0) is 30.0. The lowest BCUT2D eigenvalue weighted by Gasteiger charge is -2.27. The Bertz CT molecular complexity index is 1780. The number of pyridine rings is 1. The Morgan fingerprint density at radius 3 is 2.47 bits per heavy atom. The summed E-state index contributed by atoms with van der Waals surface area (Å²) in [4.78, 5) is 28.5. The Hall–Kier alpha value is -4.46. The van der Waals surface area contributed by atoms with Gasteiger partial charge in [0.15, 0.2) is 0 Å². The second-order valence-corrected chi connectivity index (χ2v) is 10.9. The number of urea groups is 1. The SMILES string of the molecule is O=C(Nc1cccc(-c2csc3cnc(Nc4ccc(N5CCOCC5)nc4)nc23)c1)Nc1ccc(Cl)c(C(F)(F)F)c1. The van der Waals surface area contributed by atoms with E-state index in [1.807, 2.05) is 23.6 Å². The number of amides is 2. The van der Waals surface area contributed by atoms with E-state index in [2.05, 4.69) is 30.8 Å². The molecule has 3 N–H and O–H groups in total. The first-order valence-corrected chi connectivity index (χ1v) is 14.3. The molecule has 2 aromatic carbocycles. The molecule has 1 fully saturated rings. The molecule has 2 amide bonds.